The molecule has 2 heterocycles. The summed E-state index contributed by atoms with van der Waals surface area (Å²) in [5.74, 6) is -0.374. The van der Waals surface area contributed by atoms with Crippen molar-refractivity contribution in [1.82, 2.24) is 9.29 Å². The summed E-state index contributed by atoms with van der Waals surface area (Å²) >= 11 is 1.40. The highest BCUT2D eigenvalue weighted by molar-refractivity contribution is 7.89. The Morgan fingerprint density at radius 1 is 1.17 bits per heavy atom. The van der Waals surface area contributed by atoms with Crippen molar-refractivity contribution >= 4 is 42.6 Å². The number of carbonyl (C=O) groups is 1. The van der Waals surface area contributed by atoms with E-state index in [0.717, 1.165) is 28.9 Å². The Morgan fingerprint density at radius 3 is 2.69 bits per heavy atom. The van der Waals surface area contributed by atoms with Crippen LogP contribution in [0, 0.1) is 6.92 Å². The number of hydrogen-bond donors (Lipinski definition) is 2. The molecule has 1 saturated heterocycles. The van der Waals surface area contributed by atoms with Crippen LogP contribution >= 0.6 is 11.3 Å². The molecule has 1 fully saturated rings. The van der Waals surface area contributed by atoms with Crippen LogP contribution in [0.15, 0.2) is 47.4 Å². The molecule has 0 aliphatic carbocycles. The van der Waals surface area contributed by atoms with Gasteiger partial charge in [-0.25, -0.2) is 13.4 Å². The number of nitrogens with zero attached hydrogens (tertiary/aromatic N) is 2. The molecule has 2 N–H and O–H groups in total. The molecule has 1 aliphatic heterocycles. The van der Waals surface area contributed by atoms with E-state index in [1.54, 1.807) is 12.1 Å². The Labute approximate surface area is 174 Å². The van der Waals surface area contributed by atoms with Gasteiger partial charge in [-0.1, -0.05) is 23.5 Å². The van der Waals surface area contributed by atoms with E-state index in [1.807, 2.05) is 25.1 Å². The van der Waals surface area contributed by atoms with Crippen molar-refractivity contribution in [3.63, 3.8) is 0 Å². The highest BCUT2D eigenvalue weighted by atomic mass is 32.2. The molecule has 0 radical (unpaired) electrons. The zero-order valence-electron chi connectivity index (χ0n) is 16.3. The summed E-state index contributed by atoms with van der Waals surface area (Å²) in [5, 5.41) is 3.28. The topological polar surface area (TPSA) is 83.8 Å². The van der Waals surface area contributed by atoms with Gasteiger partial charge in [0.2, 0.25) is 10.0 Å². The van der Waals surface area contributed by atoms with Gasteiger partial charge >= 0.3 is 0 Å². The van der Waals surface area contributed by atoms with Gasteiger partial charge in [0.1, 0.15) is 0 Å². The molecule has 1 aromatic heterocycles. The number of rotatable bonds is 4. The van der Waals surface area contributed by atoms with Gasteiger partial charge in [-0.3, -0.25) is 10.1 Å². The fourth-order valence-corrected chi connectivity index (χ4v) is 5.76. The number of thiazole rings is 1. The first-order chi connectivity index (χ1) is 13.8. The predicted molar refractivity (Wildman–Crippen MR) is 114 cm³/mol. The first-order valence-electron chi connectivity index (χ1n) is 9.43. The normalized spacial score (nSPS) is 16.2. The number of likely N-dealkylation sites (N-methyl/N-ethyl adjacent to an activating group) is 1. The molecule has 4 rings (SSSR count). The Kier molecular flexibility index (Phi) is 5.39. The van der Waals surface area contributed by atoms with Crippen LogP contribution in [0.5, 0.6) is 0 Å². The number of hydrogen-bond acceptors (Lipinski definition) is 5. The van der Waals surface area contributed by atoms with Crippen molar-refractivity contribution in [2.45, 2.75) is 11.8 Å². The largest absolute Gasteiger partial charge is 0.335 e. The number of benzene rings is 2. The van der Waals surface area contributed by atoms with Gasteiger partial charge in [0, 0.05) is 5.56 Å². The van der Waals surface area contributed by atoms with Crippen LogP contribution in [0.1, 0.15) is 15.9 Å². The molecule has 152 valence electrons. The number of fused-ring (bicyclic) bond motifs is 1. The Balaban J connectivity index is 1.55. The van der Waals surface area contributed by atoms with Crippen molar-refractivity contribution < 1.29 is 18.1 Å². The highest BCUT2D eigenvalue weighted by Crippen LogP contribution is 2.27. The molecule has 0 unspecified atom stereocenters. The van der Waals surface area contributed by atoms with Crippen LogP contribution in [0.4, 0.5) is 5.13 Å². The zero-order valence-corrected chi connectivity index (χ0v) is 17.9. The Bertz CT molecular complexity index is 1170. The molecule has 1 aliphatic rings. The number of piperazine rings is 1. The third-order valence-corrected chi connectivity index (χ3v) is 7.90. The SMILES string of the molecule is Cc1ccc2nc(NC(=O)c3cccc(S(=O)(=O)N4CC[NH+](C)CC4)c3)sc2c1. The summed E-state index contributed by atoms with van der Waals surface area (Å²) in [6.45, 7) is 4.52. The molecule has 0 spiro atoms. The third-order valence-electron chi connectivity index (χ3n) is 5.07. The number of aryl methyl sites for hydroxylation is 1. The average molecular weight is 432 g/mol. The highest BCUT2D eigenvalue weighted by Gasteiger charge is 2.29. The van der Waals surface area contributed by atoms with Gasteiger partial charge in [-0.05, 0) is 42.8 Å². The van der Waals surface area contributed by atoms with E-state index in [0.29, 0.717) is 23.8 Å². The maximum Gasteiger partial charge on any atom is 0.257 e. The number of quaternary nitrogens is 1. The molecule has 29 heavy (non-hydrogen) atoms. The molecule has 1 amide bonds. The number of aromatic nitrogens is 1. The van der Waals surface area contributed by atoms with E-state index >= 15 is 0 Å². The van der Waals surface area contributed by atoms with Gasteiger partial charge in [0.25, 0.3) is 5.91 Å². The zero-order chi connectivity index (χ0) is 20.6. The first-order valence-corrected chi connectivity index (χ1v) is 11.7. The lowest BCUT2D eigenvalue weighted by molar-refractivity contribution is -0.883. The lowest BCUT2D eigenvalue weighted by atomic mass is 10.2. The van der Waals surface area contributed by atoms with Gasteiger partial charge in [0.15, 0.2) is 5.13 Å². The first kappa shape index (κ1) is 20.0. The molecule has 3 aromatic rings. The summed E-state index contributed by atoms with van der Waals surface area (Å²) in [6.07, 6.45) is 0. The number of anilines is 1. The van der Waals surface area contributed by atoms with E-state index in [-0.39, 0.29) is 10.8 Å². The van der Waals surface area contributed by atoms with E-state index in [9.17, 15) is 13.2 Å². The second-order valence-corrected chi connectivity index (χ2v) is 10.3. The third kappa shape index (κ3) is 4.18. The maximum atomic E-state index is 13.0. The molecular weight excluding hydrogens is 408 g/mol. The molecular formula is C20H23N4O3S2+. The Hall–Kier alpha value is -2.33. The Morgan fingerprint density at radius 2 is 1.93 bits per heavy atom. The van der Waals surface area contributed by atoms with E-state index in [2.05, 4.69) is 17.3 Å². The average Bonchev–Trinajstić information content (AvgIpc) is 3.09. The molecule has 0 saturated carbocycles. The summed E-state index contributed by atoms with van der Waals surface area (Å²) in [4.78, 5) is 18.6. The summed E-state index contributed by atoms with van der Waals surface area (Å²) < 4.78 is 28.4. The van der Waals surface area contributed by atoms with E-state index in [4.69, 9.17) is 0 Å². The van der Waals surface area contributed by atoms with Crippen molar-refractivity contribution in [2.24, 2.45) is 0 Å². The van der Waals surface area contributed by atoms with Crippen LogP contribution in [0.2, 0.25) is 0 Å². The quantitative estimate of drug-likeness (QED) is 0.654. The fourth-order valence-electron chi connectivity index (χ4n) is 3.31. The van der Waals surface area contributed by atoms with E-state index < -0.39 is 10.0 Å². The predicted octanol–water partition coefficient (Wildman–Crippen LogP) is 1.38. The smallest absolute Gasteiger partial charge is 0.257 e. The minimum Gasteiger partial charge on any atom is -0.335 e. The van der Waals surface area contributed by atoms with Crippen LogP contribution in [-0.2, 0) is 10.0 Å². The van der Waals surface area contributed by atoms with Crippen molar-refractivity contribution in [2.75, 3.05) is 38.5 Å². The van der Waals surface area contributed by atoms with Gasteiger partial charge in [-0.2, -0.15) is 4.31 Å². The summed E-state index contributed by atoms with van der Waals surface area (Å²) in [5.41, 5.74) is 2.24. The summed E-state index contributed by atoms with van der Waals surface area (Å²) in [6, 6.07) is 12.1. The van der Waals surface area contributed by atoms with Gasteiger partial charge in [-0.15, -0.1) is 0 Å². The molecule has 0 atom stereocenters. The fraction of sp³-hybridized carbons (Fsp3) is 0.300. The van der Waals surface area contributed by atoms with Gasteiger partial charge in [0.05, 0.1) is 48.3 Å². The molecule has 0 bridgehead atoms. The number of nitrogens with one attached hydrogen (secondary N) is 2. The second kappa shape index (κ2) is 7.83. The maximum absolute atomic E-state index is 13.0. The molecule has 9 heteroatoms. The number of carbonyl (C=O) groups excluding carboxylic acids is 1. The lowest BCUT2D eigenvalue weighted by Crippen LogP contribution is -3.12. The van der Waals surface area contributed by atoms with Crippen LogP contribution in [0.25, 0.3) is 10.2 Å². The number of amides is 1. The van der Waals surface area contributed by atoms with Crippen molar-refractivity contribution in [1.29, 1.82) is 0 Å². The standard InChI is InChI=1S/C20H22N4O3S2/c1-14-6-7-17-18(12-14)28-20(21-17)22-19(25)15-4-3-5-16(13-15)29(26,27)24-10-8-23(2)9-11-24/h3-7,12-13H,8-11H2,1-2H3,(H,21,22,25)/p+1. The van der Waals surface area contributed by atoms with Crippen LogP contribution < -0.4 is 10.2 Å². The van der Waals surface area contributed by atoms with Crippen molar-refractivity contribution in [3.8, 4) is 0 Å². The van der Waals surface area contributed by atoms with Gasteiger partial charge < -0.3 is 4.90 Å². The van der Waals surface area contributed by atoms with E-state index in [1.165, 1.54) is 32.7 Å². The minimum atomic E-state index is -3.61. The second-order valence-electron chi connectivity index (χ2n) is 7.33. The lowest BCUT2D eigenvalue weighted by Gasteiger charge is -2.29. The monoisotopic (exact) mass is 431 g/mol. The minimum absolute atomic E-state index is 0.143. The summed E-state index contributed by atoms with van der Waals surface area (Å²) in [7, 11) is -1.56. The van der Waals surface area contributed by atoms with Crippen LogP contribution in [0.3, 0.4) is 0 Å². The van der Waals surface area contributed by atoms with Crippen LogP contribution in [-0.4, -0.2) is 56.8 Å². The molecule has 2 aromatic carbocycles. The molecule has 7 nitrogen and oxygen atoms in total. The number of sulfonamides is 1. The van der Waals surface area contributed by atoms with Crippen molar-refractivity contribution in [3.05, 3.63) is 53.6 Å².